The molecule has 0 fully saturated rings. The monoisotopic (exact) mass is 384 g/mol. The quantitative estimate of drug-likeness (QED) is 0.606. The van der Waals surface area contributed by atoms with Crippen molar-refractivity contribution in [2.45, 2.75) is 6.42 Å². The molecule has 1 N–H and O–H groups in total. The van der Waals surface area contributed by atoms with Crippen molar-refractivity contribution in [3.63, 3.8) is 0 Å². The largest absolute Gasteiger partial charge is 0.323 e. The van der Waals surface area contributed by atoms with Gasteiger partial charge in [0, 0.05) is 8.95 Å². The summed E-state index contributed by atoms with van der Waals surface area (Å²) in [6.07, 6.45) is -0.240. The van der Waals surface area contributed by atoms with E-state index in [0.29, 0.717) is 19.7 Å². The molecule has 0 unspecified atom stereocenters. The molecular formula is C9H4Br2Cl2N2O. The molecule has 1 aromatic carbocycles. The fourth-order valence-corrected chi connectivity index (χ4v) is 2.83. The Kier molecular flexibility index (Phi) is 5.06. The number of anilines is 1. The summed E-state index contributed by atoms with van der Waals surface area (Å²) in [6.45, 7) is 0. The number of carbonyl (C=O) groups excluding carboxylic acids is 1. The second-order valence-electron chi connectivity index (χ2n) is 2.73. The van der Waals surface area contributed by atoms with Crippen LogP contribution >= 0.6 is 55.1 Å². The number of nitriles is 1. The number of carbonyl (C=O) groups is 1. The summed E-state index contributed by atoms with van der Waals surface area (Å²) < 4.78 is 1.20. The van der Waals surface area contributed by atoms with Gasteiger partial charge in [0.2, 0.25) is 5.91 Å². The minimum absolute atomic E-state index is 0.217. The first-order valence-electron chi connectivity index (χ1n) is 3.97. The molecule has 0 aromatic heterocycles. The van der Waals surface area contributed by atoms with Crippen LogP contribution in [0.4, 0.5) is 5.69 Å². The molecule has 0 heterocycles. The van der Waals surface area contributed by atoms with Gasteiger partial charge < -0.3 is 5.32 Å². The number of benzene rings is 1. The van der Waals surface area contributed by atoms with E-state index in [1.807, 2.05) is 0 Å². The van der Waals surface area contributed by atoms with Crippen LogP contribution in [-0.4, -0.2) is 5.91 Å². The highest BCUT2D eigenvalue weighted by molar-refractivity contribution is 9.11. The second-order valence-corrected chi connectivity index (χ2v) is 5.19. The van der Waals surface area contributed by atoms with Crippen molar-refractivity contribution in [1.82, 2.24) is 0 Å². The Hall–Kier alpha value is -0.280. The molecule has 0 radical (unpaired) electrons. The summed E-state index contributed by atoms with van der Waals surface area (Å²) in [5.74, 6) is -0.441. The number of hydrogen-bond donors (Lipinski definition) is 1. The molecule has 1 amide bonds. The fraction of sp³-hybridized carbons (Fsp3) is 0.111. The van der Waals surface area contributed by atoms with Crippen LogP contribution in [-0.2, 0) is 4.79 Å². The Morgan fingerprint density at radius 2 is 2.00 bits per heavy atom. The standard InChI is InChI=1S/C9H4Br2Cl2N2O/c10-4-3-5(11)9(8(13)7(4)12)15-6(16)1-2-14/h3H,1H2,(H,15,16). The maximum Gasteiger partial charge on any atom is 0.238 e. The van der Waals surface area contributed by atoms with Gasteiger partial charge in [-0.2, -0.15) is 5.26 Å². The van der Waals surface area contributed by atoms with Crippen molar-refractivity contribution in [3.05, 3.63) is 25.1 Å². The lowest BCUT2D eigenvalue weighted by Gasteiger charge is -2.10. The predicted molar refractivity (Wildman–Crippen MR) is 70.7 cm³/mol. The third kappa shape index (κ3) is 3.11. The zero-order valence-electron chi connectivity index (χ0n) is 7.65. The van der Waals surface area contributed by atoms with Crippen molar-refractivity contribution in [1.29, 1.82) is 5.26 Å². The van der Waals surface area contributed by atoms with Gasteiger partial charge in [0.25, 0.3) is 0 Å². The second kappa shape index (κ2) is 5.87. The highest BCUT2D eigenvalue weighted by atomic mass is 79.9. The van der Waals surface area contributed by atoms with Crippen molar-refractivity contribution < 1.29 is 4.79 Å². The lowest BCUT2D eigenvalue weighted by atomic mass is 10.3. The van der Waals surface area contributed by atoms with Crippen molar-refractivity contribution in [3.8, 4) is 6.07 Å². The Morgan fingerprint density at radius 3 is 2.56 bits per heavy atom. The van der Waals surface area contributed by atoms with Crippen molar-refractivity contribution >= 4 is 66.7 Å². The van der Waals surface area contributed by atoms with Crippen LogP contribution in [0.2, 0.25) is 10.0 Å². The van der Waals surface area contributed by atoms with Gasteiger partial charge in [-0.3, -0.25) is 4.79 Å². The van der Waals surface area contributed by atoms with Gasteiger partial charge in [0.15, 0.2) is 0 Å². The number of halogens is 4. The number of nitrogens with one attached hydrogen (secondary N) is 1. The zero-order valence-corrected chi connectivity index (χ0v) is 12.3. The molecule has 16 heavy (non-hydrogen) atoms. The van der Waals surface area contributed by atoms with Crippen LogP contribution < -0.4 is 5.32 Å². The predicted octanol–water partition coefficient (Wildman–Crippen LogP) is 4.37. The average molecular weight is 387 g/mol. The molecule has 0 aliphatic carbocycles. The molecule has 7 heteroatoms. The van der Waals surface area contributed by atoms with E-state index in [1.54, 1.807) is 12.1 Å². The molecule has 0 aliphatic heterocycles. The summed E-state index contributed by atoms with van der Waals surface area (Å²) >= 11 is 18.3. The smallest absolute Gasteiger partial charge is 0.238 e. The summed E-state index contributed by atoms with van der Waals surface area (Å²) in [5.41, 5.74) is 0.357. The normalized spacial score (nSPS) is 9.69. The van der Waals surface area contributed by atoms with Crippen molar-refractivity contribution in [2.24, 2.45) is 0 Å². The van der Waals surface area contributed by atoms with Crippen LogP contribution in [0, 0.1) is 11.3 Å². The maximum absolute atomic E-state index is 11.2. The van der Waals surface area contributed by atoms with E-state index in [9.17, 15) is 4.79 Å². The molecule has 0 bridgehead atoms. The zero-order chi connectivity index (χ0) is 12.3. The van der Waals surface area contributed by atoms with Gasteiger partial charge in [0.05, 0.1) is 21.8 Å². The van der Waals surface area contributed by atoms with E-state index < -0.39 is 5.91 Å². The molecule has 0 atom stereocenters. The molecule has 3 nitrogen and oxygen atoms in total. The number of nitrogens with zero attached hydrogens (tertiary/aromatic N) is 1. The molecule has 0 saturated heterocycles. The Labute approximate surface area is 119 Å². The summed E-state index contributed by atoms with van der Waals surface area (Å²) in [7, 11) is 0. The lowest BCUT2D eigenvalue weighted by Crippen LogP contribution is -2.11. The first kappa shape index (κ1) is 13.8. The van der Waals surface area contributed by atoms with Crippen LogP contribution in [0.1, 0.15) is 6.42 Å². The molecule has 0 aliphatic rings. The highest BCUT2D eigenvalue weighted by Gasteiger charge is 2.15. The Morgan fingerprint density at radius 1 is 1.38 bits per heavy atom. The van der Waals surface area contributed by atoms with E-state index in [1.165, 1.54) is 0 Å². The number of hydrogen-bond acceptors (Lipinski definition) is 2. The molecular weight excluding hydrogens is 383 g/mol. The van der Waals surface area contributed by atoms with Crippen LogP contribution in [0.25, 0.3) is 0 Å². The summed E-state index contributed by atoms with van der Waals surface area (Å²) in [5, 5.41) is 11.4. The van der Waals surface area contributed by atoms with Crippen LogP contribution in [0.5, 0.6) is 0 Å². The average Bonchev–Trinajstić information content (AvgIpc) is 2.22. The third-order valence-corrected chi connectivity index (χ3v) is 3.96. The van der Waals surface area contributed by atoms with Gasteiger partial charge in [-0.15, -0.1) is 0 Å². The van der Waals surface area contributed by atoms with Crippen LogP contribution in [0.3, 0.4) is 0 Å². The van der Waals surface area contributed by atoms with E-state index in [4.69, 9.17) is 28.5 Å². The van der Waals surface area contributed by atoms with E-state index in [2.05, 4.69) is 37.2 Å². The van der Waals surface area contributed by atoms with Gasteiger partial charge in [-0.1, -0.05) is 23.2 Å². The molecule has 0 spiro atoms. The summed E-state index contributed by atoms with van der Waals surface area (Å²) in [4.78, 5) is 11.2. The van der Waals surface area contributed by atoms with Gasteiger partial charge in [-0.25, -0.2) is 0 Å². The third-order valence-electron chi connectivity index (χ3n) is 1.62. The van der Waals surface area contributed by atoms with Crippen molar-refractivity contribution in [2.75, 3.05) is 5.32 Å². The van der Waals surface area contributed by atoms with Gasteiger partial charge in [0.1, 0.15) is 6.42 Å². The minimum Gasteiger partial charge on any atom is -0.323 e. The maximum atomic E-state index is 11.2. The highest BCUT2D eigenvalue weighted by Crippen LogP contribution is 2.41. The number of amides is 1. The molecule has 1 rings (SSSR count). The Bertz CT molecular complexity index is 485. The number of rotatable bonds is 2. The lowest BCUT2D eigenvalue weighted by molar-refractivity contribution is -0.115. The minimum atomic E-state index is -0.441. The summed E-state index contributed by atoms with van der Waals surface area (Å²) in [6, 6.07) is 3.40. The SMILES string of the molecule is N#CCC(=O)Nc1c(Br)cc(Br)c(Cl)c1Cl. The van der Waals surface area contributed by atoms with Gasteiger partial charge >= 0.3 is 0 Å². The van der Waals surface area contributed by atoms with Gasteiger partial charge in [-0.05, 0) is 37.9 Å². The Balaban J connectivity index is 3.11. The van der Waals surface area contributed by atoms with Crippen LogP contribution in [0.15, 0.2) is 15.0 Å². The van der Waals surface area contributed by atoms with E-state index in [-0.39, 0.29) is 11.4 Å². The fourth-order valence-electron chi connectivity index (χ4n) is 0.936. The molecule has 84 valence electrons. The molecule has 1 aromatic rings. The first-order chi connectivity index (χ1) is 7.47. The molecule has 0 saturated carbocycles. The van der Waals surface area contributed by atoms with E-state index in [0.717, 1.165) is 0 Å². The van der Waals surface area contributed by atoms with E-state index >= 15 is 0 Å². The first-order valence-corrected chi connectivity index (χ1v) is 6.31. The topological polar surface area (TPSA) is 52.9 Å².